The highest BCUT2D eigenvalue weighted by molar-refractivity contribution is 6.04. The Morgan fingerprint density at radius 1 is 1.28 bits per heavy atom. The van der Waals surface area contributed by atoms with E-state index < -0.39 is 12.0 Å². The van der Waals surface area contributed by atoms with E-state index in [1.165, 1.54) is 13.2 Å². The minimum atomic E-state index is -0.910. The topological polar surface area (TPSA) is 68.1 Å². The summed E-state index contributed by atoms with van der Waals surface area (Å²) in [6.07, 6.45) is 1.11. The Hall–Kier alpha value is -2.89. The van der Waals surface area contributed by atoms with Gasteiger partial charge in [0.25, 0.3) is 0 Å². The lowest BCUT2D eigenvalue weighted by Crippen LogP contribution is -2.13. The van der Waals surface area contributed by atoms with Crippen LogP contribution in [0.2, 0.25) is 0 Å². The summed E-state index contributed by atoms with van der Waals surface area (Å²) in [5, 5.41) is 9.04. The number of carbonyl (C=O) groups is 1. The molecule has 6 heteroatoms. The molecule has 5 nitrogen and oxygen atoms in total. The zero-order valence-corrected chi connectivity index (χ0v) is 13.7. The number of hydrogen-bond donors (Lipinski definition) is 1. The molecule has 0 aliphatic carbocycles. The van der Waals surface area contributed by atoms with Crippen molar-refractivity contribution in [3.8, 4) is 11.5 Å². The molecule has 0 bridgehead atoms. The largest absolute Gasteiger partial charge is 0.493 e. The summed E-state index contributed by atoms with van der Waals surface area (Å²) in [6, 6.07) is 11.0. The number of ether oxygens (including phenoxy) is 2. The van der Waals surface area contributed by atoms with Gasteiger partial charge in [-0.25, -0.2) is 9.18 Å². The molecule has 1 aliphatic rings. The van der Waals surface area contributed by atoms with E-state index in [-0.39, 0.29) is 12.4 Å². The number of halogens is 1. The summed E-state index contributed by atoms with van der Waals surface area (Å²) < 4.78 is 24.7. The molecule has 3 rings (SSSR count). The second-order valence-electron chi connectivity index (χ2n) is 5.71. The molecule has 2 aromatic rings. The molecule has 25 heavy (non-hydrogen) atoms. The van der Waals surface area contributed by atoms with Crippen molar-refractivity contribution in [3.63, 3.8) is 0 Å². The number of rotatable bonds is 6. The van der Waals surface area contributed by atoms with Gasteiger partial charge in [-0.3, -0.25) is 4.99 Å². The second kappa shape index (κ2) is 7.34. The van der Waals surface area contributed by atoms with Gasteiger partial charge in [0.2, 0.25) is 0 Å². The molecule has 0 amide bonds. The molecule has 130 valence electrons. The molecule has 2 aromatic carbocycles. The van der Waals surface area contributed by atoms with Gasteiger partial charge >= 0.3 is 5.97 Å². The Morgan fingerprint density at radius 3 is 2.76 bits per heavy atom. The van der Waals surface area contributed by atoms with Gasteiger partial charge in [-0.2, -0.15) is 0 Å². The van der Waals surface area contributed by atoms with Crippen LogP contribution in [0, 0.1) is 5.82 Å². The van der Waals surface area contributed by atoms with Gasteiger partial charge in [-0.05, 0) is 42.7 Å². The smallest absolute Gasteiger partial charge is 0.328 e. The van der Waals surface area contributed by atoms with Crippen molar-refractivity contribution in [3.05, 3.63) is 59.4 Å². The van der Waals surface area contributed by atoms with Crippen molar-refractivity contribution in [1.29, 1.82) is 0 Å². The summed E-state index contributed by atoms with van der Waals surface area (Å²) in [5.41, 5.74) is 2.00. The summed E-state index contributed by atoms with van der Waals surface area (Å²) in [7, 11) is 1.52. The summed E-state index contributed by atoms with van der Waals surface area (Å²) in [5.74, 6) is -0.247. The van der Waals surface area contributed by atoms with Gasteiger partial charge in [-0.15, -0.1) is 0 Å². The molecule has 0 unspecified atom stereocenters. The molecular formula is C19H18FNO4. The molecule has 0 fully saturated rings. The summed E-state index contributed by atoms with van der Waals surface area (Å²) in [4.78, 5) is 15.3. The predicted molar refractivity (Wildman–Crippen MR) is 90.9 cm³/mol. The Morgan fingerprint density at radius 2 is 2.08 bits per heavy atom. The van der Waals surface area contributed by atoms with Crippen molar-refractivity contribution in [2.75, 3.05) is 7.11 Å². The van der Waals surface area contributed by atoms with Gasteiger partial charge in [0, 0.05) is 11.3 Å². The summed E-state index contributed by atoms with van der Waals surface area (Å²) in [6.45, 7) is 0.0877. The van der Waals surface area contributed by atoms with Crippen molar-refractivity contribution in [2.45, 2.75) is 25.5 Å². The van der Waals surface area contributed by atoms with Gasteiger partial charge in [0.05, 0.1) is 7.11 Å². The first kappa shape index (κ1) is 17.0. The van der Waals surface area contributed by atoms with Crippen LogP contribution in [-0.4, -0.2) is 29.9 Å². The van der Waals surface area contributed by atoms with Crippen molar-refractivity contribution < 1.29 is 23.8 Å². The van der Waals surface area contributed by atoms with Crippen molar-refractivity contribution >= 4 is 11.7 Å². The first-order valence-corrected chi connectivity index (χ1v) is 7.92. The molecule has 1 aliphatic heterocycles. The third kappa shape index (κ3) is 3.79. The zero-order chi connectivity index (χ0) is 17.8. The van der Waals surface area contributed by atoms with E-state index in [9.17, 15) is 9.18 Å². The molecule has 0 spiro atoms. The van der Waals surface area contributed by atoms with Gasteiger partial charge < -0.3 is 14.6 Å². The second-order valence-corrected chi connectivity index (χ2v) is 5.71. The molecule has 1 N–H and O–H groups in total. The predicted octanol–water partition coefficient (Wildman–Crippen LogP) is 3.45. The van der Waals surface area contributed by atoms with Gasteiger partial charge in [0.15, 0.2) is 11.5 Å². The minimum absolute atomic E-state index is 0.0877. The van der Waals surface area contributed by atoms with E-state index in [1.807, 2.05) is 6.07 Å². The van der Waals surface area contributed by atoms with E-state index in [2.05, 4.69) is 4.99 Å². The average molecular weight is 343 g/mol. The molecule has 1 heterocycles. The maximum atomic E-state index is 13.7. The van der Waals surface area contributed by atoms with Gasteiger partial charge in [-0.1, -0.05) is 18.2 Å². The van der Waals surface area contributed by atoms with E-state index in [4.69, 9.17) is 14.6 Å². The van der Waals surface area contributed by atoms with Crippen LogP contribution < -0.4 is 9.47 Å². The Labute approximate surface area is 144 Å². The number of nitrogens with zero attached hydrogens (tertiary/aromatic N) is 1. The number of benzene rings is 2. The number of methoxy groups -OCH3 is 1. The number of carboxylic acid groups (broad SMARTS) is 1. The fraction of sp³-hybridized carbons (Fsp3) is 0.263. The Kier molecular flexibility index (Phi) is 4.97. The SMILES string of the molecule is COc1cc(C2=N[C@H](C(=O)O)CC2)ccc1OCc1ccccc1F. The zero-order valence-electron chi connectivity index (χ0n) is 13.7. The van der Waals surface area contributed by atoms with Crippen LogP contribution in [0.5, 0.6) is 11.5 Å². The highest BCUT2D eigenvalue weighted by Gasteiger charge is 2.24. The average Bonchev–Trinajstić information content (AvgIpc) is 3.11. The highest BCUT2D eigenvalue weighted by atomic mass is 19.1. The first-order valence-electron chi connectivity index (χ1n) is 7.92. The fourth-order valence-electron chi connectivity index (χ4n) is 2.73. The number of carboxylic acids is 1. The molecule has 1 atom stereocenters. The molecular weight excluding hydrogens is 325 g/mol. The van der Waals surface area contributed by atoms with Gasteiger partial charge in [0.1, 0.15) is 18.5 Å². The lowest BCUT2D eigenvalue weighted by Gasteiger charge is -2.12. The van der Waals surface area contributed by atoms with Crippen LogP contribution >= 0.6 is 0 Å². The monoisotopic (exact) mass is 343 g/mol. The molecule has 0 saturated carbocycles. The molecule has 0 radical (unpaired) electrons. The van der Waals surface area contributed by atoms with E-state index in [0.29, 0.717) is 29.9 Å². The third-order valence-electron chi connectivity index (χ3n) is 4.09. The van der Waals surface area contributed by atoms with Crippen LogP contribution in [-0.2, 0) is 11.4 Å². The lowest BCUT2D eigenvalue weighted by atomic mass is 10.1. The number of aliphatic carboxylic acids is 1. The van der Waals surface area contributed by atoms with Crippen molar-refractivity contribution in [1.82, 2.24) is 0 Å². The molecule has 0 saturated heterocycles. The molecule has 0 aromatic heterocycles. The quantitative estimate of drug-likeness (QED) is 0.872. The Balaban J connectivity index is 1.77. The fourth-order valence-corrected chi connectivity index (χ4v) is 2.73. The van der Waals surface area contributed by atoms with E-state index >= 15 is 0 Å². The first-order chi connectivity index (χ1) is 12.1. The standard InChI is InChI=1S/C19H18FNO4/c1-24-18-10-12(15-7-8-16(21-15)19(22)23)6-9-17(18)25-11-13-4-2-3-5-14(13)20/h2-6,9-10,16H,7-8,11H2,1H3,(H,22,23)/t16-/m0/s1. The number of hydrogen-bond acceptors (Lipinski definition) is 4. The van der Waals surface area contributed by atoms with Crippen LogP contribution in [0.4, 0.5) is 4.39 Å². The lowest BCUT2D eigenvalue weighted by molar-refractivity contribution is -0.138. The third-order valence-corrected chi connectivity index (χ3v) is 4.09. The van der Waals surface area contributed by atoms with Crippen LogP contribution in [0.3, 0.4) is 0 Å². The van der Waals surface area contributed by atoms with Crippen LogP contribution in [0.25, 0.3) is 0 Å². The maximum Gasteiger partial charge on any atom is 0.328 e. The highest BCUT2D eigenvalue weighted by Crippen LogP contribution is 2.31. The minimum Gasteiger partial charge on any atom is -0.493 e. The van der Waals surface area contributed by atoms with Crippen LogP contribution in [0.1, 0.15) is 24.0 Å². The summed E-state index contributed by atoms with van der Waals surface area (Å²) >= 11 is 0. The Bertz CT molecular complexity index is 819. The number of aliphatic imine (C=N–C) groups is 1. The van der Waals surface area contributed by atoms with E-state index in [1.54, 1.807) is 30.3 Å². The van der Waals surface area contributed by atoms with Crippen molar-refractivity contribution in [2.24, 2.45) is 4.99 Å². The normalized spacial score (nSPS) is 16.4. The van der Waals surface area contributed by atoms with E-state index in [0.717, 1.165) is 11.3 Å². The van der Waals surface area contributed by atoms with Crippen LogP contribution in [0.15, 0.2) is 47.5 Å². The maximum absolute atomic E-state index is 13.7.